The van der Waals surface area contributed by atoms with Crippen molar-refractivity contribution in [3.05, 3.63) is 0 Å². The number of hydrogen-bond donors (Lipinski definition) is 0. The van der Waals surface area contributed by atoms with Gasteiger partial charge in [-0.1, -0.05) is 51.9 Å². The fourth-order valence-corrected chi connectivity index (χ4v) is 2.06. The fraction of sp³-hybridized carbons (Fsp3) is 0.833. The van der Waals surface area contributed by atoms with E-state index >= 15 is 0 Å². The monoisotopic (exact) mass is 280 g/mol. The van der Waals surface area contributed by atoms with Gasteiger partial charge in [0.15, 0.2) is 0 Å². The molecule has 0 aromatic heterocycles. The third-order valence-electron chi connectivity index (χ3n) is 3.28. The molecule has 0 unspecified atom stereocenters. The number of unbranched alkanes of at least 4 members (excludes halogenated alkanes) is 10. The van der Waals surface area contributed by atoms with Crippen LogP contribution >= 0.6 is 0 Å². The van der Waals surface area contributed by atoms with Crippen molar-refractivity contribution >= 4 is 5.97 Å². The zero-order chi connectivity index (χ0) is 14.9. The van der Waals surface area contributed by atoms with E-state index in [1.165, 1.54) is 58.3 Å². The van der Waals surface area contributed by atoms with E-state index in [2.05, 4.69) is 18.8 Å². The molecule has 0 atom stereocenters. The molecule has 2 nitrogen and oxygen atoms in total. The predicted molar refractivity (Wildman–Crippen MR) is 85.5 cm³/mol. The average Bonchev–Trinajstić information content (AvgIpc) is 2.43. The molecule has 0 fully saturated rings. The Bertz CT molecular complexity index is 273. The molecule has 0 bridgehead atoms. The minimum atomic E-state index is -0.175. The van der Waals surface area contributed by atoms with E-state index in [9.17, 15) is 4.79 Å². The van der Waals surface area contributed by atoms with Gasteiger partial charge in [-0.15, -0.1) is 11.8 Å². The van der Waals surface area contributed by atoms with Crippen LogP contribution in [-0.4, -0.2) is 12.6 Å². The van der Waals surface area contributed by atoms with Gasteiger partial charge < -0.3 is 4.74 Å². The highest BCUT2D eigenvalue weighted by atomic mass is 16.5. The number of ether oxygens (including phenoxy) is 1. The molecule has 0 aliphatic carbocycles. The molecule has 20 heavy (non-hydrogen) atoms. The van der Waals surface area contributed by atoms with Gasteiger partial charge in [-0.2, -0.15) is 0 Å². The van der Waals surface area contributed by atoms with E-state index in [1.54, 1.807) is 0 Å². The summed E-state index contributed by atoms with van der Waals surface area (Å²) in [5.41, 5.74) is 0. The van der Waals surface area contributed by atoms with Crippen LogP contribution in [0.5, 0.6) is 0 Å². The van der Waals surface area contributed by atoms with Gasteiger partial charge in [0.2, 0.25) is 0 Å². The molecule has 0 radical (unpaired) electrons. The Labute approximate surface area is 125 Å². The van der Waals surface area contributed by atoms with Crippen LogP contribution in [-0.2, 0) is 9.53 Å². The highest BCUT2D eigenvalue weighted by Gasteiger charge is 1.93. The summed E-state index contributed by atoms with van der Waals surface area (Å²) in [7, 11) is 0. The van der Waals surface area contributed by atoms with Crippen molar-refractivity contribution in [2.75, 3.05) is 6.61 Å². The molecule has 0 N–H and O–H groups in total. The van der Waals surface area contributed by atoms with Crippen LogP contribution < -0.4 is 0 Å². The van der Waals surface area contributed by atoms with Crippen LogP contribution in [0, 0.1) is 11.8 Å². The molecule has 2 heteroatoms. The van der Waals surface area contributed by atoms with E-state index in [1.807, 2.05) is 0 Å². The average molecular weight is 280 g/mol. The van der Waals surface area contributed by atoms with Crippen molar-refractivity contribution in [2.45, 2.75) is 90.9 Å². The molecule has 0 saturated carbocycles. The minimum Gasteiger partial charge on any atom is -0.466 e. The first kappa shape index (κ1) is 19.0. The van der Waals surface area contributed by atoms with Gasteiger partial charge >= 0.3 is 5.97 Å². The van der Waals surface area contributed by atoms with Crippen LogP contribution in [0.25, 0.3) is 0 Å². The molecule has 0 aliphatic heterocycles. The Hall–Kier alpha value is -0.970. The van der Waals surface area contributed by atoms with Crippen LogP contribution in [0.15, 0.2) is 0 Å². The lowest BCUT2D eigenvalue weighted by molar-refractivity contribution is -0.141. The number of carbonyl (C=O) groups is 1. The number of esters is 1. The lowest BCUT2D eigenvalue weighted by Gasteiger charge is -2.00. The molecule has 0 saturated heterocycles. The lowest BCUT2D eigenvalue weighted by atomic mass is 10.1. The molecule has 0 amide bonds. The molecule has 116 valence electrons. The van der Waals surface area contributed by atoms with Crippen molar-refractivity contribution in [3.63, 3.8) is 0 Å². The summed E-state index contributed by atoms with van der Waals surface area (Å²) < 4.78 is 4.88. The second-order valence-corrected chi connectivity index (χ2v) is 5.38. The summed E-state index contributed by atoms with van der Waals surface area (Å²) in [6, 6.07) is 0. The van der Waals surface area contributed by atoms with Gasteiger partial charge in [0, 0.05) is 19.8 Å². The van der Waals surface area contributed by atoms with Crippen molar-refractivity contribution in [1.29, 1.82) is 0 Å². The molecular weight excluding hydrogens is 248 g/mol. The predicted octanol–water partition coefficient (Wildman–Crippen LogP) is 5.25. The summed E-state index contributed by atoms with van der Waals surface area (Å²) in [5, 5.41) is 0. The third-order valence-corrected chi connectivity index (χ3v) is 3.28. The Morgan fingerprint density at radius 1 is 0.800 bits per heavy atom. The Morgan fingerprint density at radius 2 is 1.30 bits per heavy atom. The zero-order valence-corrected chi connectivity index (χ0v) is 13.5. The summed E-state index contributed by atoms with van der Waals surface area (Å²) >= 11 is 0. The van der Waals surface area contributed by atoms with E-state index < -0.39 is 0 Å². The standard InChI is InChI=1S/C18H32O2/c1-3-4-5-6-7-8-9-10-11-12-13-14-15-16-17-20-18(2)19/h3-9,12-17H2,1-2H3. The van der Waals surface area contributed by atoms with Gasteiger partial charge in [0.1, 0.15) is 0 Å². The second-order valence-electron chi connectivity index (χ2n) is 5.38. The van der Waals surface area contributed by atoms with Crippen molar-refractivity contribution in [3.8, 4) is 11.8 Å². The lowest BCUT2D eigenvalue weighted by Crippen LogP contribution is -1.99. The van der Waals surface area contributed by atoms with Crippen LogP contribution in [0.1, 0.15) is 90.9 Å². The molecule has 0 spiro atoms. The first-order valence-electron chi connectivity index (χ1n) is 8.36. The normalized spacial score (nSPS) is 9.90. The molecule has 0 aliphatic rings. The van der Waals surface area contributed by atoms with E-state index in [-0.39, 0.29) is 5.97 Å². The Kier molecular flexibility index (Phi) is 15.3. The first-order chi connectivity index (χ1) is 9.77. The van der Waals surface area contributed by atoms with Crippen LogP contribution in [0.4, 0.5) is 0 Å². The van der Waals surface area contributed by atoms with E-state index in [4.69, 9.17) is 4.74 Å². The number of rotatable bonds is 12. The summed E-state index contributed by atoms with van der Waals surface area (Å²) in [6.45, 7) is 4.28. The highest BCUT2D eigenvalue weighted by molar-refractivity contribution is 5.65. The largest absolute Gasteiger partial charge is 0.466 e. The maximum Gasteiger partial charge on any atom is 0.302 e. The van der Waals surface area contributed by atoms with Crippen molar-refractivity contribution < 1.29 is 9.53 Å². The molecule has 0 aromatic rings. The molecule has 0 aromatic carbocycles. The summed E-state index contributed by atoms with van der Waals surface area (Å²) in [6.07, 6.45) is 14.6. The van der Waals surface area contributed by atoms with Crippen molar-refractivity contribution in [1.82, 2.24) is 0 Å². The fourth-order valence-electron chi connectivity index (χ4n) is 2.06. The number of hydrogen-bond acceptors (Lipinski definition) is 2. The highest BCUT2D eigenvalue weighted by Crippen LogP contribution is 2.06. The van der Waals surface area contributed by atoms with Gasteiger partial charge in [-0.25, -0.2) is 0 Å². The minimum absolute atomic E-state index is 0.175. The van der Waals surface area contributed by atoms with Gasteiger partial charge in [-0.3, -0.25) is 4.79 Å². The van der Waals surface area contributed by atoms with Gasteiger partial charge in [0.05, 0.1) is 6.61 Å². The van der Waals surface area contributed by atoms with Crippen molar-refractivity contribution in [2.24, 2.45) is 0 Å². The zero-order valence-electron chi connectivity index (χ0n) is 13.5. The smallest absolute Gasteiger partial charge is 0.302 e. The third kappa shape index (κ3) is 17.0. The molecule has 0 heterocycles. The van der Waals surface area contributed by atoms with E-state index in [0.717, 1.165) is 25.7 Å². The Balaban J connectivity index is 3.11. The second kappa shape index (κ2) is 16.1. The Morgan fingerprint density at radius 3 is 1.85 bits per heavy atom. The summed E-state index contributed by atoms with van der Waals surface area (Å²) in [4.78, 5) is 10.5. The maximum absolute atomic E-state index is 10.5. The number of carbonyl (C=O) groups excluding carboxylic acids is 1. The first-order valence-corrected chi connectivity index (χ1v) is 8.36. The van der Waals surface area contributed by atoms with Crippen LogP contribution in [0.2, 0.25) is 0 Å². The maximum atomic E-state index is 10.5. The van der Waals surface area contributed by atoms with Crippen LogP contribution in [0.3, 0.4) is 0 Å². The molecule has 0 rings (SSSR count). The van der Waals surface area contributed by atoms with Gasteiger partial charge in [0.25, 0.3) is 0 Å². The quantitative estimate of drug-likeness (QED) is 0.277. The SMILES string of the molecule is CCCCCCCCC#CCCCCCCOC(C)=O. The topological polar surface area (TPSA) is 26.3 Å². The van der Waals surface area contributed by atoms with Gasteiger partial charge in [-0.05, 0) is 19.3 Å². The summed E-state index contributed by atoms with van der Waals surface area (Å²) in [5.74, 6) is 6.36. The molecular formula is C18H32O2. The van der Waals surface area contributed by atoms with E-state index in [0.29, 0.717) is 6.61 Å².